The first-order valence-electron chi connectivity index (χ1n) is 14.3. The highest BCUT2D eigenvalue weighted by Gasteiger charge is 2.24. The molecule has 0 spiro atoms. The zero-order valence-electron chi connectivity index (χ0n) is 24.9. The number of aryl methyl sites for hydroxylation is 2. The van der Waals surface area contributed by atoms with Crippen LogP contribution in [0, 0.1) is 6.92 Å². The number of carbonyl (C=O) groups excluding carboxylic acids is 2. The highest BCUT2D eigenvalue weighted by molar-refractivity contribution is 5.96. The zero-order valence-corrected chi connectivity index (χ0v) is 24.9. The lowest BCUT2D eigenvalue weighted by Gasteiger charge is -2.34. The maximum absolute atomic E-state index is 13.0. The number of nitrogens with two attached hydrogens (primary N) is 1. The van der Waals surface area contributed by atoms with Crippen molar-refractivity contribution in [3.05, 3.63) is 64.9 Å². The van der Waals surface area contributed by atoms with Gasteiger partial charge in [-0.15, -0.1) is 0 Å². The van der Waals surface area contributed by atoms with E-state index in [-0.39, 0.29) is 36.6 Å². The molecular weight excluding hydrogens is 556 g/mol. The number of methoxy groups -OCH3 is 1. The molecule has 1 aliphatic rings. The summed E-state index contributed by atoms with van der Waals surface area (Å²) in [5.74, 6) is 1.82. The van der Waals surface area contributed by atoms with Crippen LogP contribution in [0.15, 0.2) is 41.1 Å². The molecule has 1 fully saturated rings. The minimum absolute atomic E-state index is 0.0668. The Kier molecular flexibility index (Phi) is 11.2. The van der Waals surface area contributed by atoms with E-state index >= 15 is 0 Å². The molecule has 3 aromatic rings. The van der Waals surface area contributed by atoms with Gasteiger partial charge in [0.15, 0.2) is 12.2 Å². The molecule has 2 amide bonds. The van der Waals surface area contributed by atoms with Gasteiger partial charge in [0.1, 0.15) is 23.7 Å². The van der Waals surface area contributed by atoms with Gasteiger partial charge in [0.05, 0.1) is 25.5 Å². The van der Waals surface area contributed by atoms with Crippen molar-refractivity contribution in [3.8, 4) is 11.6 Å². The van der Waals surface area contributed by atoms with Gasteiger partial charge in [-0.2, -0.15) is 4.98 Å². The molecule has 13 heteroatoms. The van der Waals surface area contributed by atoms with E-state index in [0.29, 0.717) is 69.5 Å². The number of benzene rings is 1. The second kappa shape index (κ2) is 15.2. The second-order valence-electron chi connectivity index (χ2n) is 10.1. The summed E-state index contributed by atoms with van der Waals surface area (Å²) in [5, 5.41) is 13.4. The number of rotatable bonds is 13. The molecule has 1 aromatic carbocycles. The number of nitrogens with zero attached hydrogens (tertiary/aromatic N) is 4. The van der Waals surface area contributed by atoms with E-state index in [4.69, 9.17) is 24.4 Å². The van der Waals surface area contributed by atoms with E-state index in [0.717, 1.165) is 16.8 Å². The molecule has 1 saturated heterocycles. The molecule has 4 N–H and O–H groups in total. The van der Waals surface area contributed by atoms with Crippen LogP contribution in [0.3, 0.4) is 0 Å². The van der Waals surface area contributed by atoms with Crippen molar-refractivity contribution < 1.29 is 33.3 Å². The molecule has 3 heterocycles. The third-order valence-electron chi connectivity index (χ3n) is 7.27. The standard InChI is InChI=1S/C30H40N6O7/c1-4-41-29-25(9-10-27(34-29)35-11-13-36(14-12-35)30(39)40-3)28(38)32-17-23(37)7-5-21-6-8-24(15-22(21)16-31)42-18-26-20(2)33-19-43-26/h6,8-10,15,19,23,37H,4-5,7,11-14,16-18,31H2,1-3H3,(H,32,38)/t23-/m0/s1. The average Bonchev–Trinajstić information content (AvgIpc) is 3.45. The fourth-order valence-corrected chi connectivity index (χ4v) is 4.74. The smallest absolute Gasteiger partial charge is 0.409 e. The van der Waals surface area contributed by atoms with E-state index in [2.05, 4.69) is 15.3 Å². The monoisotopic (exact) mass is 596 g/mol. The number of piperazine rings is 1. The molecule has 0 bridgehead atoms. The Morgan fingerprint density at radius 1 is 1.14 bits per heavy atom. The number of pyridine rings is 1. The van der Waals surface area contributed by atoms with E-state index in [1.165, 1.54) is 13.5 Å². The lowest BCUT2D eigenvalue weighted by molar-refractivity contribution is 0.0906. The van der Waals surface area contributed by atoms with Gasteiger partial charge in [0, 0.05) is 39.3 Å². The number of aliphatic hydroxyl groups excluding tert-OH is 1. The molecule has 13 nitrogen and oxygen atoms in total. The zero-order chi connectivity index (χ0) is 30.8. The Bertz CT molecular complexity index is 1370. The number of anilines is 1. The van der Waals surface area contributed by atoms with Crippen LogP contribution in [0.25, 0.3) is 0 Å². The normalized spacial score (nSPS) is 13.9. The largest absolute Gasteiger partial charge is 0.486 e. The minimum atomic E-state index is -0.770. The first-order valence-corrected chi connectivity index (χ1v) is 14.3. The van der Waals surface area contributed by atoms with Gasteiger partial charge in [0.25, 0.3) is 5.91 Å². The molecule has 0 radical (unpaired) electrons. The predicted molar refractivity (Wildman–Crippen MR) is 158 cm³/mol. The summed E-state index contributed by atoms with van der Waals surface area (Å²) < 4.78 is 21.6. The average molecular weight is 597 g/mol. The number of aromatic nitrogens is 2. The highest BCUT2D eigenvalue weighted by Crippen LogP contribution is 2.24. The van der Waals surface area contributed by atoms with E-state index in [1.54, 1.807) is 17.0 Å². The number of hydrogen-bond donors (Lipinski definition) is 3. The van der Waals surface area contributed by atoms with Crippen molar-refractivity contribution in [2.45, 2.75) is 45.9 Å². The Balaban J connectivity index is 1.29. The molecule has 1 atom stereocenters. The SMILES string of the molecule is CCOc1nc(N2CCN(C(=O)OC)CC2)ccc1C(=O)NC[C@@H](O)CCc1ccc(OCc2ocnc2C)cc1CN. The maximum Gasteiger partial charge on any atom is 0.409 e. The van der Waals surface area contributed by atoms with E-state index < -0.39 is 6.10 Å². The van der Waals surface area contributed by atoms with Crippen LogP contribution in [0.4, 0.5) is 10.6 Å². The Hall–Kier alpha value is -4.36. The Morgan fingerprint density at radius 2 is 1.93 bits per heavy atom. The van der Waals surface area contributed by atoms with Crippen LogP contribution in [0.1, 0.15) is 46.3 Å². The van der Waals surface area contributed by atoms with Gasteiger partial charge in [-0.05, 0) is 62.1 Å². The Morgan fingerprint density at radius 3 is 2.60 bits per heavy atom. The Labute approximate surface area is 250 Å². The lowest BCUT2D eigenvalue weighted by atomic mass is 10.0. The number of oxazole rings is 1. The summed E-state index contributed by atoms with van der Waals surface area (Å²) in [6.07, 6.45) is 1.27. The van der Waals surface area contributed by atoms with Gasteiger partial charge in [-0.1, -0.05) is 6.07 Å². The first kappa shape index (κ1) is 31.6. The molecule has 0 aliphatic carbocycles. The van der Waals surface area contributed by atoms with Crippen molar-refractivity contribution in [1.82, 2.24) is 20.2 Å². The number of ether oxygens (including phenoxy) is 3. The minimum Gasteiger partial charge on any atom is -0.486 e. The van der Waals surface area contributed by atoms with Crippen molar-refractivity contribution in [2.24, 2.45) is 5.73 Å². The fraction of sp³-hybridized carbons (Fsp3) is 0.467. The highest BCUT2D eigenvalue weighted by atomic mass is 16.5. The van der Waals surface area contributed by atoms with Gasteiger partial charge >= 0.3 is 6.09 Å². The van der Waals surface area contributed by atoms with Crippen LogP contribution in [-0.2, 0) is 24.3 Å². The van der Waals surface area contributed by atoms with Crippen LogP contribution < -0.4 is 25.4 Å². The van der Waals surface area contributed by atoms with Crippen molar-refractivity contribution >= 4 is 17.8 Å². The van der Waals surface area contributed by atoms with Gasteiger partial charge in [-0.3, -0.25) is 4.79 Å². The summed E-state index contributed by atoms with van der Waals surface area (Å²) in [4.78, 5) is 37.1. The van der Waals surface area contributed by atoms with E-state index in [9.17, 15) is 14.7 Å². The first-order chi connectivity index (χ1) is 20.8. The number of amides is 2. The molecule has 232 valence electrons. The molecule has 2 aromatic heterocycles. The van der Waals surface area contributed by atoms with Crippen LogP contribution in [-0.4, -0.2) is 84.5 Å². The van der Waals surface area contributed by atoms with Gasteiger partial charge < -0.3 is 44.6 Å². The van der Waals surface area contributed by atoms with Crippen molar-refractivity contribution in [2.75, 3.05) is 51.3 Å². The third-order valence-corrected chi connectivity index (χ3v) is 7.27. The fourth-order valence-electron chi connectivity index (χ4n) is 4.74. The maximum atomic E-state index is 13.0. The topological polar surface area (TPSA) is 166 Å². The molecule has 0 unspecified atom stereocenters. The van der Waals surface area contributed by atoms with Crippen LogP contribution in [0.5, 0.6) is 11.6 Å². The molecule has 43 heavy (non-hydrogen) atoms. The summed E-state index contributed by atoms with van der Waals surface area (Å²) in [6, 6.07) is 9.12. The predicted octanol–water partition coefficient (Wildman–Crippen LogP) is 2.43. The van der Waals surface area contributed by atoms with Crippen LogP contribution >= 0.6 is 0 Å². The molecule has 4 rings (SSSR count). The molecule has 0 saturated carbocycles. The number of nitrogens with one attached hydrogen (secondary N) is 1. The van der Waals surface area contributed by atoms with Gasteiger partial charge in [-0.25, -0.2) is 9.78 Å². The summed E-state index contributed by atoms with van der Waals surface area (Å²) >= 11 is 0. The summed E-state index contributed by atoms with van der Waals surface area (Å²) in [5.41, 5.74) is 8.97. The molecule has 1 aliphatic heterocycles. The van der Waals surface area contributed by atoms with Gasteiger partial charge in [0.2, 0.25) is 5.88 Å². The quantitative estimate of drug-likeness (QED) is 0.265. The number of aliphatic hydroxyl groups is 1. The lowest BCUT2D eigenvalue weighted by Crippen LogP contribution is -2.49. The third kappa shape index (κ3) is 8.36. The summed E-state index contributed by atoms with van der Waals surface area (Å²) in [7, 11) is 1.37. The molecular formula is C30H40N6O7. The number of hydrogen-bond acceptors (Lipinski definition) is 11. The van der Waals surface area contributed by atoms with Crippen molar-refractivity contribution in [1.29, 1.82) is 0 Å². The summed E-state index contributed by atoms with van der Waals surface area (Å²) in [6.45, 7) is 6.84. The number of carbonyl (C=O) groups is 2. The van der Waals surface area contributed by atoms with E-state index in [1.807, 2.05) is 36.9 Å². The van der Waals surface area contributed by atoms with Crippen molar-refractivity contribution in [3.63, 3.8) is 0 Å². The van der Waals surface area contributed by atoms with Crippen LogP contribution in [0.2, 0.25) is 0 Å². The second-order valence-corrected chi connectivity index (χ2v) is 10.1.